The van der Waals surface area contributed by atoms with Gasteiger partial charge < -0.3 is 15.2 Å². The topological polar surface area (TPSA) is 54.4 Å². The van der Waals surface area contributed by atoms with Crippen molar-refractivity contribution < 1.29 is 9.84 Å². The van der Waals surface area contributed by atoms with Gasteiger partial charge in [0.1, 0.15) is 11.5 Å². The molecule has 2 rings (SSSR count). The first-order valence-corrected chi connectivity index (χ1v) is 6.28. The number of nitrogens with one attached hydrogen (secondary N) is 1. The first kappa shape index (κ1) is 13.2. The van der Waals surface area contributed by atoms with Crippen LogP contribution in [0.5, 0.6) is 11.5 Å². The van der Waals surface area contributed by atoms with Gasteiger partial charge in [0, 0.05) is 5.69 Å². The molecule has 0 saturated carbocycles. The normalized spacial score (nSPS) is 10.5. The Kier molecular flexibility index (Phi) is 4.23. The van der Waals surface area contributed by atoms with Crippen LogP contribution in [0.3, 0.4) is 0 Å². The average Bonchev–Trinajstić information content (AvgIpc) is 2.39. The number of hydrogen-bond donors (Lipinski definition) is 2. The van der Waals surface area contributed by atoms with Crippen LogP contribution in [0.4, 0.5) is 5.69 Å². The smallest absolute Gasteiger partial charge is 0.133 e. The van der Waals surface area contributed by atoms with E-state index in [1.165, 1.54) is 6.20 Å². The van der Waals surface area contributed by atoms with Gasteiger partial charge in [-0.15, -0.1) is 0 Å². The van der Waals surface area contributed by atoms with E-state index in [9.17, 15) is 0 Å². The van der Waals surface area contributed by atoms with Gasteiger partial charge >= 0.3 is 0 Å². The van der Waals surface area contributed by atoms with Crippen molar-refractivity contribution in [3.05, 3.63) is 48.3 Å². The lowest BCUT2D eigenvalue weighted by Crippen LogP contribution is -2.05. The molecule has 2 aromatic rings. The minimum absolute atomic E-state index is 0.180. The fraction of sp³-hybridized carbons (Fsp3) is 0.267. The second-order valence-corrected chi connectivity index (χ2v) is 4.55. The van der Waals surface area contributed by atoms with Crippen LogP contribution in [0.2, 0.25) is 0 Å². The zero-order valence-corrected chi connectivity index (χ0v) is 11.1. The highest BCUT2D eigenvalue weighted by Crippen LogP contribution is 2.17. The molecule has 0 unspecified atom stereocenters. The average molecular weight is 258 g/mol. The number of ether oxygens (including phenoxy) is 1. The molecule has 1 heterocycles. The van der Waals surface area contributed by atoms with Crippen molar-refractivity contribution in [1.29, 1.82) is 0 Å². The molecule has 0 amide bonds. The fourth-order valence-corrected chi connectivity index (χ4v) is 1.64. The fourth-order valence-electron chi connectivity index (χ4n) is 1.64. The largest absolute Gasteiger partial charge is 0.506 e. The lowest BCUT2D eigenvalue weighted by atomic mass is 10.3. The van der Waals surface area contributed by atoms with Crippen molar-refractivity contribution in [3.63, 3.8) is 0 Å². The number of pyridine rings is 1. The Hall–Kier alpha value is -2.23. The molecule has 1 aromatic heterocycles. The summed E-state index contributed by atoms with van der Waals surface area (Å²) in [6.07, 6.45) is 1.62. The highest BCUT2D eigenvalue weighted by Gasteiger charge is 1.99. The SMILES string of the molecule is CC(C)Oc1ccc(NCc2ccc(O)cn2)cc1. The van der Waals surface area contributed by atoms with Crippen LogP contribution in [0.25, 0.3) is 0 Å². The summed E-state index contributed by atoms with van der Waals surface area (Å²) in [6.45, 7) is 4.62. The summed E-state index contributed by atoms with van der Waals surface area (Å²) < 4.78 is 5.58. The number of hydrogen-bond acceptors (Lipinski definition) is 4. The Morgan fingerprint density at radius 3 is 2.47 bits per heavy atom. The Balaban J connectivity index is 1.91. The lowest BCUT2D eigenvalue weighted by Gasteiger charge is -2.11. The second kappa shape index (κ2) is 6.09. The molecule has 0 spiro atoms. The Morgan fingerprint density at radius 1 is 1.16 bits per heavy atom. The van der Waals surface area contributed by atoms with Crippen molar-refractivity contribution in [2.45, 2.75) is 26.5 Å². The quantitative estimate of drug-likeness (QED) is 0.864. The molecule has 4 nitrogen and oxygen atoms in total. The zero-order valence-electron chi connectivity index (χ0n) is 11.1. The number of rotatable bonds is 5. The van der Waals surface area contributed by atoms with E-state index in [2.05, 4.69) is 10.3 Å². The molecule has 4 heteroatoms. The van der Waals surface area contributed by atoms with Crippen molar-refractivity contribution in [1.82, 2.24) is 4.98 Å². The van der Waals surface area contributed by atoms with E-state index in [-0.39, 0.29) is 11.9 Å². The van der Waals surface area contributed by atoms with Gasteiger partial charge in [-0.25, -0.2) is 0 Å². The molecule has 0 atom stereocenters. The van der Waals surface area contributed by atoms with E-state index in [0.717, 1.165) is 17.1 Å². The molecule has 0 fully saturated rings. The molecule has 0 saturated heterocycles. The predicted molar refractivity (Wildman–Crippen MR) is 75.4 cm³/mol. The predicted octanol–water partition coefficient (Wildman–Crippen LogP) is 3.19. The van der Waals surface area contributed by atoms with E-state index < -0.39 is 0 Å². The molecular formula is C15H18N2O2. The molecule has 19 heavy (non-hydrogen) atoms. The number of nitrogens with zero attached hydrogens (tertiary/aromatic N) is 1. The van der Waals surface area contributed by atoms with E-state index >= 15 is 0 Å². The summed E-state index contributed by atoms with van der Waals surface area (Å²) in [5.41, 5.74) is 1.88. The van der Waals surface area contributed by atoms with Gasteiger partial charge in [-0.3, -0.25) is 4.98 Å². The van der Waals surface area contributed by atoms with Crippen LogP contribution < -0.4 is 10.1 Å². The van der Waals surface area contributed by atoms with E-state index in [1.54, 1.807) is 12.1 Å². The van der Waals surface area contributed by atoms with Crippen molar-refractivity contribution in [2.24, 2.45) is 0 Å². The standard InChI is InChI=1S/C15H18N2O2/c1-11(2)19-15-7-4-12(5-8-15)16-9-13-3-6-14(18)10-17-13/h3-8,10-11,16,18H,9H2,1-2H3. The van der Waals surface area contributed by atoms with Crippen LogP contribution in [0, 0.1) is 0 Å². The molecule has 0 radical (unpaired) electrons. The molecule has 0 aliphatic rings. The Bertz CT molecular complexity index is 507. The van der Waals surface area contributed by atoms with Crippen LogP contribution in [-0.4, -0.2) is 16.2 Å². The van der Waals surface area contributed by atoms with Crippen LogP contribution in [-0.2, 0) is 6.54 Å². The highest BCUT2D eigenvalue weighted by molar-refractivity contribution is 5.46. The van der Waals surface area contributed by atoms with E-state index in [4.69, 9.17) is 9.84 Å². The van der Waals surface area contributed by atoms with Gasteiger partial charge in [0.05, 0.1) is 24.5 Å². The van der Waals surface area contributed by atoms with Crippen molar-refractivity contribution in [2.75, 3.05) is 5.32 Å². The minimum atomic E-state index is 0.180. The van der Waals surface area contributed by atoms with Crippen molar-refractivity contribution >= 4 is 5.69 Å². The third-order valence-corrected chi connectivity index (χ3v) is 2.51. The van der Waals surface area contributed by atoms with E-state index in [1.807, 2.05) is 38.1 Å². The van der Waals surface area contributed by atoms with Crippen LogP contribution >= 0.6 is 0 Å². The minimum Gasteiger partial charge on any atom is -0.506 e. The summed E-state index contributed by atoms with van der Waals surface area (Å²) in [5.74, 6) is 1.04. The second-order valence-electron chi connectivity index (χ2n) is 4.55. The van der Waals surface area contributed by atoms with Crippen LogP contribution in [0.15, 0.2) is 42.6 Å². The molecule has 0 aliphatic heterocycles. The molecule has 1 aromatic carbocycles. The zero-order chi connectivity index (χ0) is 13.7. The maximum atomic E-state index is 9.15. The maximum absolute atomic E-state index is 9.15. The van der Waals surface area contributed by atoms with Gasteiger partial charge in [0.2, 0.25) is 0 Å². The van der Waals surface area contributed by atoms with Gasteiger partial charge in [-0.1, -0.05) is 0 Å². The number of benzene rings is 1. The molecule has 100 valence electrons. The van der Waals surface area contributed by atoms with E-state index in [0.29, 0.717) is 6.54 Å². The van der Waals surface area contributed by atoms with Gasteiger partial charge in [0.25, 0.3) is 0 Å². The third kappa shape index (κ3) is 4.17. The highest BCUT2D eigenvalue weighted by atomic mass is 16.5. The van der Waals surface area contributed by atoms with Gasteiger partial charge in [-0.05, 0) is 50.2 Å². The summed E-state index contributed by atoms with van der Waals surface area (Å²) in [5, 5.41) is 12.4. The van der Waals surface area contributed by atoms with Gasteiger partial charge in [-0.2, -0.15) is 0 Å². The number of aromatic nitrogens is 1. The first-order chi connectivity index (χ1) is 9.13. The number of anilines is 1. The first-order valence-electron chi connectivity index (χ1n) is 6.28. The summed E-state index contributed by atoms with van der Waals surface area (Å²) >= 11 is 0. The van der Waals surface area contributed by atoms with Crippen LogP contribution in [0.1, 0.15) is 19.5 Å². The summed E-state index contributed by atoms with van der Waals surface area (Å²) in [6, 6.07) is 11.2. The van der Waals surface area contributed by atoms with Gasteiger partial charge in [0.15, 0.2) is 0 Å². The van der Waals surface area contributed by atoms with Crippen molar-refractivity contribution in [3.8, 4) is 11.5 Å². The lowest BCUT2D eigenvalue weighted by molar-refractivity contribution is 0.242. The molecule has 2 N–H and O–H groups in total. The number of aromatic hydroxyl groups is 1. The maximum Gasteiger partial charge on any atom is 0.133 e. The molecule has 0 bridgehead atoms. The monoisotopic (exact) mass is 258 g/mol. The third-order valence-electron chi connectivity index (χ3n) is 2.51. The Labute approximate surface area is 113 Å². The molecular weight excluding hydrogens is 240 g/mol. The molecule has 0 aliphatic carbocycles. The Morgan fingerprint density at radius 2 is 1.89 bits per heavy atom. The summed E-state index contributed by atoms with van der Waals surface area (Å²) in [7, 11) is 0. The summed E-state index contributed by atoms with van der Waals surface area (Å²) in [4.78, 5) is 4.11.